The summed E-state index contributed by atoms with van der Waals surface area (Å²) in [6.45, 7) is 3.98. The molecule has 3 heteroatoms. The van der Waals surface area contributed by atoms with Gasteiger partial charge in [-0.1, -0.05) is 32.6 Å². The second kappa shape index (κ2) is 8.02. The fourth-order valence-electron chi connectivity index (χ4n) is 4.11. The smallest absolute Gasteiger partial charge is 0.223 e. The Hall–Kier alpha value is -0.570. The summed E-state index contributed by atoms with van der Waals surface area (Å²) in [4.78, 5) is 12.2. The van der Waals surface area contributed by atoms with E-state index >= 15 is 0 Å². The lowest BCUT2D eigenvalue weighted by atomic mass is 9.80. The predicted octanol–water partition coefficient (Wildman–Crippen LogP) is 3.08. The number of amides is 1. The zero-order valence-electron chi connectivity index (χ0n) is 13.1. The van der Waals surface area contributed by atoms with Crippen molar-refractivity contribution < 1.29 is 4.79 Å². The maximum absolute atomic E-state index is 12.2. The van der Waals surface area contributed by atoms with Crippen LogP contribution in [0.15, 0.2) is 0 Å². The largest absolute Gasteiger partial charge is 0.356 e. The molecule has 2 rings (SSSR count). The van der Waals surface area contributed by atoms with E-state index in [4.69, 9.17) is 5.73 Å². The van der Waals surface area contributed by atoms with Gasteiger partial charge in [-0.15, -0.1) is 0 Å². The van der Waals surface area contributed by atoms with E-state index in [-0.39, 0.29) is 11.8 Å². The van der Waals surface area contributed by atoms with Gasteiger partial charge in [0.2, 0.25) is 5.91 Å². The molecule has 0 aliphatic heterocycles. The van der Waals surface area contributed by atoms with E-state index in [0.29, 0.717) is 5.92 Å². The lowest BCUT2D eigenvalue weighted by molar-refractivity contribution is -0.126. The number of rotatable bonds is 5. The van der Waals surface area contributed by atoms with Crippen molar-refractivity contribution in [2.45, 2.75) is 64.7 Å². The summed E-state index contributed by atoms with van der Waals surface area (Å²) < 4.78 is 0. The van der Waals surface area contributed by atoms with Crippen LogP contribution in [0, 0.1) is 23.7 Å². The molecular formula is C17H32N2O. The predicted molar refractivity (Wildman–Crippen MR) is 83.3 cm³/mol. The summed E-state index contributed by atoms with van der Waals surface area (Å²) in [7, 11) is 0. The van der Waals surface area contributed by atoms with Crippen LogP contribution >= 0.6 is 0 Å². The van der Waals surface area contributed by atoms with Gasteiger partial charge < -0.3 is 11.1 Å². The maximum Gasteiger partial charge on any atom is 0.223 e. The molecule has 3 N–H and O–H groups in total. The van der Waals surface area contributed by atoms with Crippen LogP contribution in [0.4, 0.5) is 0 Å². The second-order valence-electron chi connectivity index (χ2n) is 7.18. The Labute approximate surface area is 124 Å². The van der Waals surface area contributed by atoms with Crippen molar-refractivity contribution in [2.75, 3.05) is 13.1 Å². The van der Waals surface area contributed by atoms with Gasteiger partial charge in [-0.2, -0.15) is 0 Å². The highest BCUT2D eigenvalue weighted by Crippen LogP contribution is 2.31. The first-order chi connectivity index (χ1) is 9.69. The molecule has 116 valence electrons. The van der Waals surface area contributed by atoms with E-state index < -0.39 is 0 Å². The molecule has 2 fully saturated rings. The summed E-state index contributed by atoms with van der Waals surface area (Å²) >= 11 is 0. The van der Waals surface area contributed by atoms with Gasteiger partial charge in [0.1, 0.15) is 0 Å². The Balaban J connectivity index is 1.64. The third-order valence-electron chi connectivity index (χ3n) is 5.38. The van der Waals surface area contributed by atoms with Crippen molar-refractivity contribution in [3.63, 3.8) is 0 Å². The highest BCUT2D eigenvalue weighted by molar-refractivity contribution is 5.78. The third-order valence-corrected chi connectivity index (χ3v) is 5.38. The number of nitrogens with two attached hydrogens (primary N) is 1. The van der Waals surface area contributed by atoms with E-state index in [2.05, 4.69) is 12.2 Å². The van der Waals surface area contributed by atoms with E-state index in [1.54, 1.807) is 0 Å². The minimum Gasteiger partial charge on any atom is -0.356 e. The van der Waals surface area contributed by atoms with E-state index in [1.165, 1.54) is 44.9 Å². The van der Waals surface area contributed by atoms with Crippen molar-refractivity contribution in [1.82, 2.24) is 5.32 Å². The first kappa shape index (κ1) is 15.8. The molecule has 0 radical (unpaired) electrons. The van der Waals surface area contributed by atoms with Crippen LogP contribution in [0.25, 0.3) is 0 Å². The molecule has 0 saturated heterocycles. The molecule has 3 nitrogen and oxygen atoms in total. The summed E-state index contributed by atoms with van der Waals surface area (Å²) in [5.41, 5.74) is 5.74. The Morgan fingerprint density at radius 2 is 1.85 bits per heavy atom. The molecule has 2 aliphatic rings. The SMILES string of the molecule is CC1CCCC(CCNC(=O)C2CCCC(CN)C2)C1. The minimum atomic E-state index is 0.225. The first-order valence-corrected chi connectivity index (χ1v) is 8.66. The van der Waals surface area contributed by atoms with Gasteiger partial charge >= 0.3 is 0 Å². The molecule has 2 saturated carbocycles. The topological polar surface area (TPSA) is 55.1 Å². The molecule has 0 bridgehead atoms. The van der Waals surface area contributed by atoms with Crippen molar-refractivity contribution >= 4 is 5.91 Å². The van der Waals surface area contributed by atoms with Crippen LogP contribution in [0.3, 0.4) is 0 Å². The Bertz CT molecular complexity index is 305. The lowest BCUT2D eigenvalue weighted by Crippen LogP contribution is -2.36. The fraction of sp³-hybridized carbons (Fsp3) is 0.941. The van der Waals surface area contributed by atoms with Gasteiger partial charge in [0.05, 0.1) is 0 Å². The molecule has 4 atom stereocenters. The molecule has 2 aliphatic carbocycles. The van der Waals surface area contributed by atoms with Gasteiger partial charge in [0.25, 0.3) is 0 Å². The van der Waals surface area contributed by atoms with Gasteiger partial charge in [0, 0.05) is 12.5 Å². The van der Waals surface area contributed by atoms with Gasteiger partial charge in [-0.25, -0.2) is 0 Å². The Morgan fingerprint density at radius 1 is 1.10 bits per heavy atom. The highest BCUT2D eigenvalue weighted by Gasteiger charge is 2.26. The van der Waals surface area contributed by atoms with E-state index in [9.17, 15) is 4.79 Å². The van der Waals surface area contributed by atoms with Crippen molar-refractivity contribution in [3.8, 4) is 0 Å². The molecular weight excluding hydrogens is 248 g/mol. The van der Waals surface area contributed by atoms with E-state index in [1.807, 2.05) is 0 Å². The number of hydrogen-bond donors (Lipinski definition) is 2. The lowest BCUT2D eigenvalue weighted by Gasteiger charge is -2.29. The standard InChI is InChI=1S/C17H32N2O/c1-13-4-2-5-14(10-13)8-9-19-17(20)16-7-3-6-15(11-16)12-18/h13-16H,2-12,18H2,1H3,(H,19,20). The number of hydrogen-bond acceptors (Lipinski definition) is 2. The van der Waals surface area contributed by atoms with Crippen LogP contribution in [0.5, 0.6) is 0 Å². The number of carbonyl (C=O) groups excluding carboxylic acids is 1. The molecule has 20 heavy (non-hydrogen) atoms. The summed E-state index contributed by atoms with van der Waals surface area (Å²) in [6, 6.07) is 0. The fourth-order valence-corrected chi connectivity index (χ4v) is 4.11. The van der Waals surface area contributed by atoms with Crippen LogP contribution in [0.2, 0.25) is 0 Å². The maximum atomic E-state index is 12.2. The summed E-state index contributed by atoms with van der Waals surface area (Å²) in [5, 5.41) is 3.18. The molecule has 4 unspecified atom stereocenters. The van der Waals surface area contributed by atoms with Gasteiger partial charge in [-0.3, -0.25) is 4.79 Å². The van der Waals surface area contributed by atoms with Gasteiger partial charge in [-0.05, 0) is 56.4 Å². The van der Waals surface area contributed by atoms with Crippen LogP contribution in [-0.2, 0) is 4.79 Å². The van der Waals surface area contributed by atoms with Crippen molar-refractivity contribution in [2.24, 2.45) is 29.4 Å². The molecule has 0 heterocycles. The van der Waals surface area contributed by atoms with Crippen LogP contribution < -0.4 is 11.1 Å². The molecule has 0 spiro atoms. The normalized spacial score (nSPS) is 34.7. The zero-order valence-corrected chi connectivity index (χ0v) is 13.1. The Kier molecular flexibility index (Phi) is 6.34. The quantitative estimate of drug-likeness (QED) is 0.813. The van der Waals surface area contributed by atoms with Crippen molar-refractivity contribution in [1.29, 1.82) is 0 Å². The minimum absolute atomic E-state index is 0.225. The zero-order chi connectivity index (χ0) is 14.4. The second-order valence-corrected chi connectivity index (χ2v) is 7.18. The molecule has 1 amide bonds. The summed E-state index contributed by atoms with van der Waals surface area (Å²) in [6.07, 6.45) is 11.1. The Morgan fingerprint density at radius 3 is 2.60 bits per heavy atom. The highest BCUT2D eigenvalue weighted by atomic mass is 16.1. The summed E-state index contributed by atoms with van der Waals surface area (Å²) in [5.74, 6) is 2.79. The van der Waals surface area contributed by atoms with Crippen molar-refractivity contribution in [3.05, 3.63) is 0 Å². The molecule has 0 aromatic heterocycles. The van der Waals surface area contributed by atoms with Gasteiger partial charge in [0.15, 0.2) is 0 Å². The van der Waals surface area contributed by atoms with Crippen LogP contribution in [-0.4, -0.2) is 19.0 Å². The third kappa shape index (κ3) is 4.76. The average Bonchev–Trinajstić information content (AvgIpc) is 2.47. The van der Waals surface area contributed by atoms with E-state index in [0.717, 1.165) is 37.8 Å². The monoisotopic (exact) mass is 280 g/mol. The first-order valence-electron chi connectivity index (χ1n) is 8.66. The van der Waals surface area contributed by atoms with Crippen LogP contribution in [0.1, 0.15) is 64.7 Å². The number of carbonyl (C=O) groups is 1. The number of nitrogens with one attached hydrogen (secondary N) is 1. The molecule has 0 aromatic rings. The molecule has 0 aromatic carbocycles. The average molecular weight is 280 g/mol.